The number of hydrogen-bond acceptors (Lipinski definition) is 6. The average molecular weight is 488 g/mol. The first-order valence-corrected chi connectivity index (χ1v) is 10.8. The third-order valence-corrected chi connectivity index (χ3v) is 5.98. The van der Waals surface area contributed by atoms with Crippen LogP contribution in [-0.4, -0.2) is 49.9 Å². The maximum atomic E-state index is 5.58. The monoisotopic (exact) mass is 487 g/mol. The normalized spacial score (nSPS) is 13.6. The van der Waals surface area contributed by atoms with Gasteiger partial charge >= 0.3 is 0 Å². The smallest absolute Gasteiger partial charge is 0.171 e. The van der Waals surface area contributed by atoms with Crippen LogP contribution in [0.4, 0.5) is 0 Å². The molecule has 1 aromatic heterocycles. The molecular weight excluding hydrogens is 462 g/mol. The second-order valence-corrected chi connectivity index (χ2v) is 8.30. The van der Waals surface area contributed by atoms with Crippen molar-refractivity contribution < 1.29 is 18.9 Å². The van der Waals surface area contributed by atoms with Crippen LogP contribution in [0.1, 0.15) is 16.8 Å². The zero-order valence-electron chi connectivity index (χ0n) is 18.1. The number of ether oxygens (including phenoxy) is 4. The Kier molecular flexibility index (Phi) is 6.38. The number of rotatable bonds is 7. The first-order valence-electron chi connectivity index (χ1n) is 9.98. The predicted octanol–water partition coefficient (Wildman–Crippen LogP) is 4.43. The maximum Gasteiger partial charge on any atom is 0.171 e. The van der Waals surface area contributed by atoms with E-state index in [4.69, 9.17) is 18.9 Å². The molecular formula is C23H26BrN3O4. The predicted molar refractivity (Wildman–Crippen MR) is 122 cm³/mol. The van der Waals surface area contributed by atoms with Crippen molar-refractivity contribution in [1.82, 2.24) is 14.9 Å². The molecule has 2 heterocycles. The fourth-order valence-electron chi connectivity index (χ4n) is 4.00. The number of aromatic nitrogens is 2. The van der Waals surface area contributed by atoms with E-state index >= 15 is 0 Å². The molecule has 0 amide bonds. The zero-order valence-corrected chi connectivity index (χ0v) is 19.7. The number of nitrogens with one attached hydrogen (secondary N) is 1. The number of fused-ring (bicyclic) bond motifs is 1. The summed E-state index contributed by atoms with van der Waals surface area (Å²) in [6.45, 7) is 2.58. The summed E-state index contributed by atoms with van der Waals surface area (Å²) < 4.78 is 22.8. The van der Waals surface area contributed by atoms with E-state index in [1.54, 1.807) is 28.4 Å². The van der Waals surface area contributed by atoms with Gasteiger partial charge in [0.25, 0.3) is 0 Å². The first kappa shape index (κ1) is 21.5. The minimum atomic E-state index is 0.652. The summed E-state index contributed by atoms with van der Waals surface area (Å²) in [5.41, 5.74) is 4.47. The fourth-order valence-corrected chi connectivity index (χ4v) is 4.44. The van der Waals surface area contributed by atoms with Gasteiger partial charge in [-0.1, -0.05) is 15.9 Å². The molecule has 4 rings (SSSR count). The molecule has 2 aromatic carbocycles. The number of methoxy groups -OCH3 is 4. The summed E-state index contributed by atoms with van der Waals surface area (Å²) in [5, 5.41) is 0. The van der Waals surface area contributed by atoms with E-state index in [1.165, 1.54) is 11.1 Å². The molecule has 0 saturated carbocycles. The Hall–Kier alpha value is -2.71. The van der Waals surface area contributed by atoms with Crippen LogP contribution in [-0.2, 0) is 19.5 Å². The molecule has 0 saturated heterocycles. The van der Waals surface area contributed by atoms with Crippen molar-refractivity contribution in [2.45, 2.75) is 19.5 Å². The number of aromatic amines is 1. The lowest BCUT2D eigenvalue weighted by Gasteiger charge is -2.29. The Morgan fingerprint density at radius 1 is 0.935 bits per heavy atom. The number of nitrogens with zero attached hydrogens (tertiary/aromatic N) is 2. The molecule has 0 atom stereocenters. The van der Waals surface area contributed by atoms with Gasteiger partial charge in [0, 0.05) is 36.0 Å². The van der Waals surface area contributed by atoms with Gasteiger partial charge in [0.1, 0.15) is 5.82 Å². The summed E-state index contributed by atoms with van der Waals surface area (Å²) in [7, 11) is 6.60. The molecule has 1 aliphatic heterocycles. The second kappa shape index (κ2) is 9.20. The Bertz CT molecular complexity index is 1080. The minimum Gasteiger partial charge on any atom is -0.493 e. The van der Waals surface area contributed by atoms with Gasteiger partial charge in [-0.2, -0.15) is 0 Å². The van der Waals surface area contributed by atoms with Crippen molar-refractivity contribution in [3.63, 3.8) is 0 Å². The van der Waals surface area contributed by atoms with Crippen molar-refractivity contribution in [1.29, 1.82) is 0 Å². The molecule has 1 aliphatic rings. The molecule has 3 aromatic rings. The number of H-pyrrole nitrogens is 1. The Morgan fingerprint density at radius 3 is 2.32 bits per heavy atom. The molecule has 0 spiro atoms. The Labute approximate surface area is 190 Å². The van der Waals surface area contributed by atoms with Crippen molar-refractivity contribution in [2.75, 3.05) is 35.0 Å². The van der Waals surface area contributed by atoms with Crippen LogP contribution in [0.2, 0.25) is 0 Å². The lowest BCUT2D eigenvalue weighted by atomic mass is 9.98. The van der Waals surface area contributed by atoms with Gasteiger partial charge in [0.2, 0.25) is 0 Å². The molecule has 7 nitrogen and oxygen atoms in total. The highest BCUT2D eigenvalue weighted by Crippen LogP contribution is 2.40. The van der Waals surface area contributed by atoms with E-state index in [1.807, 2.05) is 18.3 Å². The molecule has 1 N–H and O–H groups in total. The van der Waals surface area contributed by atoms with E-state index < -0.39 is 0 Å². The number of imidazole rings is 1. The minimum absolute atomic E-state index is 0.652. The van der Waals surface area contributed by atoms with Gasteiger partial charge in [0.05, 0.1) is 34.0 Å². The summed E-state index contributed by atoms with van der Waals surface area (Å²) in [6, 6.07) is 8.02. The third-order valence-electron chi connectivity index (χ3n) is 5.52. The highest BCUT2D eigenvalue weighted by molar-refractivity contribution is 9.10. The van der Waals surface area contributed by atoms with E-state index in [0.29, 0.717) is 11.5 Å². The summed E-state index contributed by atoms with van der Waals surface area (Å²) in [6.07, 6.45) is 2.85. The molecule has 164 valence electrons. The molecule has 0 unspecified atom stereocenters. The van der Waals surface area contributed by atoms with Gasteiger partial charge in [-0.25, -0.2) is 4.98 Å². The van der Waals surface area contributed by atoms with Crippen LogP contribution < -0.4 is 18.9 Å². The zero-order chi connectivity index (χ0) is 22.0. The number of benzene rings is 2. The lowest BCUT2D eigenvalue weighted by Crippen LogP contribution is -2.30. The lowest BCUT2D eigenvalue weighted by molar-refractivity contribution is 0.241. The van der Waals surface area contributed by atoms with Crippen LogP contribution >= 0.6 is 15.9 Å². The maximum absolute atomic E-state index is 5.58. The van der Waals surface area contributed by atoms with Crippen LogP contribution in [0, 0.1) is 0 Å². The van der Waals surface area contributed by atoms with Gasteiger partial charge in [-0.05, 0) is 41.8 Å². The SMILES string of the molecule is COc1cc2c(cc1OC)CN(Cc1cnc(-c3cc(Br)cc(OC)c3OC)[nH]1)CC2. The topological polar surface area (TPSA) is 68.8 Å². The second-order valence-electron chi connectivity index (χ2n) is 7.38. The van der Waals surface area contributed by atoms with E-state index in [9.17, 15) is 0 Å². The number of halogens is 1. The molecule has 0 bridgehead atoms. The van der Waals surface area contributed by atoms with E-state index in [0.717, 1.165) is 59.1 Å². The largest absolute Gasteiger partial charge is 0.493 e. The van der Waals surface area contributed by atoms with Crippen molar-refractivity contribution >= 4 is 15.9 Å². The van der Waals surface area contributed by atoms with E-state index in [2.05, 4.69) is 42.9 Å². The van der Waals surface area contributed by atoms with Gasteiger partial charge in [-0.15, -0.1) is 0 Å². The Morgan fingerprint density at radius 2 is 1.65 bits per heavy atom. The molecule has 0 fully saturated rings. The van der Waals surface area contributed by atoms with Crippen molar-refractivity contribution in [3.8, 4) is 34.4 Å². The average Bonchev–Trinajstić information content (AvgIpc) is 3.25. The van der Waals surface area contributed by atoms with Crippen molar-refractivity contribution in [2.24, 2.45) is 0 Å². The van der Waals surface area contributed by atoms with Gasteiger partial charge < -0.3 is 23.9 Å². The van der Waals surface area contributed by atoms with Gasteiger partial charge in [0.15, 0.2) is 23.0 Å². The summed E-state index contributed by atoms with van der Waals surface area (Å²) >= 11 is 3.53. The quantitative estimate of drug-likeness (QED) is 0.531. The van der Waals surface area contributed by atoms with E-state index in [-0.39, 0.29) is 0 Å². The highest BCUT2D eigenvalue weighted by Gasteiger charge is 2.21. The third kappa shape index (κ3) is 4.36. The Balaban J connectivity index is 1.54. The summed E-state index contributed by atoms with van der Waals surface area (Å²) in [4.78, 5) is 10.4. The summed E-state index contributed by atoms with van der Waals surface area (Å²) in [5.74, 6) is 3.60. The first-order chi connectivity index (χ1) is 15.1. The molecule has 8 heteroatoms. The molecule has 0 aliphatic carbocycles. The van der Waals surface area contributed by atoms with Crippen LogP contribution in [0.15, 0.2) is 34.9 Å². The molecule has 0 radical (unpaired) electrons. The fraction of sp³-hybridized carbons (Fsp3) is 0.348. The standard InChI is InChI=1S/C23H26BrN3O4/c1-28-19-7-14-5-6-27(12-15(14)8-20(19)29-2)13-17-11-25-23(26-17)18-9-16(24)10-21(30-3)22(18)31-4/h7-11H,5-6,12-13H2,1-4H3,(H,25,26). The van der Waals surface area contributed by atoms with Crippen LogP contribution in [0.5, 0.6) is 23.0 Å². The van der Waals surface area contributed by atoms with Crippen molar-refractivity contribution in [3.05, 3.63) is 51.8 Å². The van der Waals surface area contributed by atoms with Gasteiger partial charge in [-0.3, -0.25) is 4.90 Å². The highest BCUT2D eigenvalue weighted by atomic mass is 79.9. The van der Waals surface area contributed by atoms with Crippen LogP contribution in [0.3, 0.4) is 0 Å². The molecule has 31 heavy (non-hydrogen) atoms. The van der Waals surface area contributed by atoms with Crippen LogP contribution in [0.25, 0.3) is 11.4 Å². The number of hydrogen-bond donors (Lipinski definition) is 1.